The second-order valence-corrected chi connectivity index (χ2v) is 11.3. The number of nitrogens with zero attached hydrogens (tertiary/aromatic N) is 4. The number of nitrogens with one attached hydrogen (secondary N) is 1. The van der Waals surface area contributed by atoms with Gasteiger partial charge in [0.25, 0.3) is 5.91 Å². The van der Waals surface area contributed by atoms with E-state index in [1.165, 1.54) is 35.8 Å². The van der Waals surface area contributed by atoms with Gasteiger partial charge in [-0.05, 0) is 20.8 Å². The molecule has 2 aromatic carbocycles. The molecular formula is C30H25N5O5S2. The lowest BCUT2D eigenvalue weighted by atomic mass is 10.2. The molecule has 1 amide bonds. The van der Waals surface area contributed by atoms with E-state index in [9.17, 15) is 19.8 Å². The molecule has 0 aliphatic carbocycles. The zero-order valence-corrected chi connectivity index (χ0v) is 24.3. The van der Waals surface area contributed by atoms with E-state index in [2.05, 4.69) is 25.3 Å². The number of pyridine rings is 2. The molecule has 12 heteroatoms. The summed E-state index contributed by atoms with van der Waals surface area (Å²) in [6.45, 7) is 4.92. The number of aliphatic carboxylic acids is 1. The number of hydrogen-bond donors (Lipinski definition) is 4. The van der Waals surface area contributed by atoms with Crippen molar-refractivity contribution in [2.24, 2.45) is 0 Å². The molecule has 0 aliphatic rings. The van der Waals surface area contributed by atoms with Crippen molar-refractivity contribution in [3.8, 4) is 32.6 Å². The van der Waals surface area contributed by atoms with E-state index in [0.717, 1.165) is 32.0 Å². The molecule has 4 aromatic heterocycles. The summed E-state index contributed by atoms with van der Waals surface area (Å²) in [5.41, 5.74) is 4.38. The lowest BCUT2D eigenvalue weighted by Gasteiger charge is -2.10. The van der Waals surface area contributed by atoms with Crippen molar-refractivity contribution in [2.45, 2.75) is 26.8 Å². The van der Waals surface area contributed by atoms with Crippen LogP contribution in [-0.4, -0.2) is 53.2 Å². The SMILES string of the molecule is Cc1nc(C(=O)NC(C)C(=O)O)c(O)c2sc(-c3ccccc3)nc12.Cc1ncc(O)c2sc(-c3ccccc3)nc12. The Balaban J connectivity index is 0.000000180. The zero-order valence-electron chi connectivity index (χ0n) is 22.7. The first-order valence-corrected chi connectivity index (χ1v) is 14.4. The number of amides is 1. The number of carbonyl (C=O) groups excluding carboxylic acids is 1. The Morgan fingerprint density at radius 1 is 0.786 bits per heavy atom. The number of aryl methyl sites for hydroxylation is 2. The van der Waals surface area contributed by atoms with Crippen LogP contribution in [-0.2, 0) is 4.79 Å². The molecule has 6 aromatic rings. The molecule has 4 heterocycles. The van der Waals surface area contributed by atoms with Gasteiger partial charge in [-0.25, -0.2) is 15.0 Å². The first-order valence-electron chi connectivity index (χ1n) is 12.7. The molecule has 0 fully saturated rings. The Bertz CT molecular complexity index is 1880. The molecule has 0 aliphatic heterocycles. The molecule has 0 spiro atoms. The molecule has 0 saturated carbocycles. The Morgan fingerprint density at radius 3 is 1.83 bits per heavy atom. The predicted molar refractivity (Wildman–Crippen MR) is 163 cm³/mol. The van der Waals surface area contributed by atoms with Crippen LogP contribution in [0.4, 0.5) is 0 Å². The van der Waals surface area contributed by atoms with Gasteiger partial charge in [-0.3, -0.25) is 14.6 Å². The Kier molecular flexibility index (Phi) is 8.09. The number of rotatable bonds is 5. The Labute approximate surface area is 248 Å². The van der Waals surface area contributed by atoms with Crippen LogP contribution in [0.25, 0.3) is 41.6 Å². The number of hydrogen-bond acceptors (Lipinski definition) is 10. The second kappa shape index (κ2) is 11.9. The molecule has 1 atom stereocenters. The van der Waals surface area contributed by atoms with Gasteiger partial charge >= 0.3 is 5.97 Å². The van der Waals surface area contributed by atoms with E-state index >= 15 is 0 Å². The van der Waals surface area contributed by atoms with Crippen molar-refractivity contribution in [3.63, 3.8) is 0 Å². The van der Waals surface area contributed by atoms with E-state index in [1.54, 1.807) is 6.92 Å². The summed E-state index contributed by atoms with van der Waals surface area (Å²) in [7, 11) is 0. The number of aromatic hydroxyl groups is 2. The minimum Gasteiger partial charge on any atom is -0.505 e. The summed E-state index contributed by atoms with van der Waals surface area (Å²) in [4.78, 5) is 40.4. The maximum Gasteiger partial charge on any atom is 0.325 e. The number of carboxylic acid groups (broad SMARTS) is 1. The Hall–Kier alpha value is -4.94. The van der Waals surface area contributed by atoms with E-state index in [-0.39, 0.29) is 17.2 Å². The third-order valence-corrected chi connectivity index (χ3v) is 8.48. The van der Waals surface area contributed by atoms with Crippen molar-refractivity contribution >= 4 is 55.0 Å². The maximum atomic E-state index is 12.2. The number of benzene rings is 2. The normalized spacial score (nSPS) is 11.6. The number of carboxylic acids is 1. The van der Waals surface area contributed by atoms with Gasteiger partial charge in [0.15, 0.2) is 17.2 Å². The van der Waals surface area contributed by atoms with E-state index in [0.29, 0.717) is 20.9 Å². The van der Waals surface area contributed by atoms with Gasteiger partial charge in [-0.2, -0.15) is 0 Å². The highest BCUT2D eigenvalue weighted by Crippen LogP contribution is 2.38. The van der Waals surface area contributed by atoms with Gasteiger partial charge in [0.1, 0.15) is 36.5 Å². The highest BCUT2D eigenvalue weighted by Gasteiger charge is 2.24. The van der Waals surface area contributed by atoms with Crippen LogP contribution >= 0.6 is 22.7 Å². The number of aromatic nitrogens is 4. The second-order valence-electron chi connectivity index (χ2n) is 9.28. The van der Waals surface area contributed by atoms with Crippen LogP contribution in [0, 0.1) is 13.8 Å². The van der Waals surface area contributed by atoms with Crippen LogP contribution < -0.4 is 5.32 Å². The molecule has 0 radical (unpaired) electrons. The predicted octanol–water partition coefficient (Wildman–Crippen LogP) is 5.95. The van der Waals surface area contributed by atoms with Crippen molar-refractivity contribution in [1.82, 2.24) is 25.3 Å². The van der Waals surface area contributed by atoms with Gasteiger partial charge in [0.05, 0.1) is 17.6 Å². The third kappa shape index (κ3) is 5.76. The molecule has 42 heavy (non-hydrogen) atoms. The minimum atomic E-state index is -1.17. The molecule has 6 rings (SSSR count). The lowest BCUT2D eigenvalue weighted by molar-refractivity contribution is -0.138. The monoisotopic (exact) mass is 599 g/mol. The molecular weight excluding hydrogens is 574 g/mol. The van der Waals surface area contributed by atoms with E-state index < -0.39 is 17.9 Å². The van der Waals surface area contributed by atoms with Gasteiger partial charge in [-0.1, -0.05) is 60.7 Å². The zero-order chi connectivity index (χ0) is 30.0. The highest BCUT2D eigenvalue weighted by atomic mass is 32.1. The van der Waals surface area contributed by atoms with Crippen LogP contribution in [0.1, 0.15) is 28.8 Å². The minimum absolute atomic E-state index is 0.199. The fourth-order valence-electron chi connectivity index (χ4n) is 4.02. The van der Waals surface area contributed by atoms with Gasteiger partial charge in [0.2, 0.25) is 0 Å². The quantitative estimate of drug-likeness (QED) is 0.188. The first-order chi connectivity index (χ1) is 20.1. The van der Waals surface area contributed by atoms with Gasteiger partial charge < -0.3 is 20.6 Å². The van der Waals surface area contributed by atoms with Crippen molar-refractivity contribution in [1.29, 1.82) is 0 Å². The summed E-state index contributed by atoms with van der Waals surface area (Å²) >= 11 is 2.74. The molecule has 4 N–H and O–H groups in total. The molecule has 10 nitrogen and oxygen atoms in total. The smallest absolute Gasteiger partial charge is 0.325 e. The van der Waals surface area contributed by atoms with E-state index in [4.69, 9.17) is 5.11 Å². The fourth-order valence-corrected chi connectivity index (χ4v) is 6.12. The molecule has 212 valence electrons. The summed E-state index contributed by atoms with van der Waals surface area (Å²) in [6.07, 6.45) is 1.48. The van der Waals surface area contributed by atoms with Crippen LogP contribution in [0.15, 0.2) is 66.9 Å². The third-order valence-electron chi connectivity index (χ3n) is 6.25. The Morgan fingerprint density at radius 2 is 1.31 bits per heavy atom. The molecule has 0 saturated heterocycles. The van der Waals surface area contributed by atoms with Crippen LogP contribution in [0.5, 0.6) is 11.5 Å². The maximum absolute atomic E-state index is 12.2. The van der Waals surface area contributed by atoms with Crippen molar-refractivity contribution < 1.29 is 24.9 Å². The van der Waals surface area contributed by atoms with E-state index in [1.807, 2.05) is 67.6 Å². The van der Waals surface area contributed by atoms with Crippen LogP contribution in [0.2, 0.25) is 0 Å². The average Bonchev–Trinajstić information content (AvgIpc) is 3.65. The largest absolute Gasteiger partial charge is 0.505 e. The molecule has 0 bridgehead atoms. The number of carbonyl (C=O) groups is 2. The number of thiazole rings is 2. The van der Waals surface area contributed by atoms with Crippen LogP contribution in [0.3, 0.4) is 0 Å². The summed E-state index contributed by atoms with van der Waals surface area (Å²) in [6, 6.07) is 18.3. The summed E-state index contributed by atoms with van der Waals surface area (Å²) in [5, 5.41) is 33.0. The topological polar surface area (TPSA) is 158 Å². The van der Waals surface area contributed by atoms with Gasteiger partial charge in [0, 0.05) is 11.1 Å². The van der Waals surface area contributed by atoms with Crippen molar-refractivity contribution in [2.75, 3.05) is 0 Å². The summed E-state index contributed by atoms with van der Waals surface area (Å²) in [5.74, 6) is -2.01. The molecule has 1 unspecified atom stereocenters. The fraction of sp³-hybridized carbons (Fsp3) is 0.133. The lowest BCUT2D eigenvalue weighted by Crippen LogP contribution is -2.38. The number of fused-ring (bicyclic) bond motifs is 2. The standard InChI is InChI=1S/C17H15N3O4S.C13H10N2OS/c1-8-11-14(25-16(20-11)10-6-4-3-5-7-10)13(21)12(18-8)15(22)19-9(2)17(23)24;1-8-11-12(10(16)7-14-8)17-13(15-11)9-5-3-2-4-6-9/h3-7,9,21H,1-2H3,(H,19,22)(H,23,24);2-7,16H,1H3. The average molecular weight is 600 g/mol. The first kappa shape index (κ1) is 28.6. The van der Waals surface area contributed by atoms with Gasteiger partial charge in [-0.15, -0.1) is 22.7 Å². The van der Waals surface area contributed by atoms with Crippen molar-refractivity contribution in [3.05, 3.63) is 83.9 Å². The highest BCUT2D eigenvalue weighted by molar-refractivity contribution is 7.22. The summed E-state index contributed by atoms with van der Waals surface area (Å²) < 4.78 is 1.25.